The smallest absolute Gasteiger partial charge is 0.256 e. The molecule has 5 heteroatoms. The van der Waals surface area contributed by atoms with Crippen LogP contribution in [-0.4, -0.2) is 10.9 Å². The molecule has 3 aromatic rings. The summed E-state index contributed by atoms with van der Waals surface area (Å²) in [5, 5.41) is 3.49. The van der Waals surface area contributed by atoms with Crippen LogP contribution < -0.4 is 11.1 Å². The summed E-state index contributed by atoms with van der Waals surface area (Å²) in [7, 11) is 0. The molecule has 0 aliphatic carbocycles. The molecule has 0 aliphatic rings. The summed E-state index contributed by atoms with van der Waals surface area (Å²) in [6.07, 6.45) is 4.02. The Morgan fingerprint density at radius 3 is 2.46 bits per heavy atom. The van der Waals surface area contributed by atoms with Gasteiger partial charge in [-0.25, -0.2) is 0 Å². The summed E-state index contributed by atoms with van der Waals surface area (Å²) in [6.45, 7) is 0. The van der Waals surface area contributed by atoms with E-state index in [0.717, 1.165) is 11.1 Å². The zero-order valence-corrected chi connectivity index (χ0v) is 13.6. The highest BCUT2D eigenvalue weighted by Crippen LogP contribution is 2.22. The number of nitrogen functional groups attached to an aromatic ring is 1. The minimum Gasteiger partial charge on any atom is -0.398 e. The molecule has 1 heterocycles. The number of amides is 1. The molecule has 120 valence electrons. The van der Waals surface area contributed by atoms with E-state index in [-0.39, 0.29) is 5.91 Å². The molecular formula is C19H16ClN3O. The first-order valence-electron chi connectivity index (χ1n) is 7.46. The molecule has 0 spiro atoms. The van der Waals surface area contributed by atoms with E-state index in [2.05, 4.69) is 10.3 Å². The molecule has 3 N–H and O–H groups in total. The summed E-state index contributed by atoms with van der Waals surface area (Å²) in [5.41, 5.74) is 9.79. The van der Waals surface area contributed by atoms with E-state index >= 15 is 0 Å². The zero-order valence-electron chi connectivity index (χ0n) is 12.9. The van der Waals surface area contributed by atoms with Crippen LogP contribution in [0.3, 0.4) is 0 Å². The maximum Gasteiger partial charge on any atom is 0.256 e. The number of nitrogens with two attached hydrogens (primary N) is 1. The lowest BCUT2D eigenvalue weighted by atomic mass is 9.98. The Kier molecular flexibility index (Phi) is 4.77. The van der Waals surface area contributed by atoms with Gasteiger partial charge in [0.15, 0.2) is 0 Å². The van der Waals surface area contributed by atoms with E-state index in [1.807, 2.05) is 12.1 Å². The Morgan fingerprint density at radius 1 is 1.04 bits per heavy atom. The number of carbonyl (C=O) groups is 1. The third kappa shape index (κ3) is 3.73. The number of carbonyl (C=O) groups excluding carboxylic acids is 1. The normalized spacial score (nSPS) is 10.4. The number of hydrogen-bond donors (Lipinski definition) is 2. The molecule has 0 atom stereocenters. The number of benzene rings is 2. The first-order chi connectivity index (χ1) is 11.6. The van der Waals surface area contributed by atoms with Gasteiger partial charge in [0, 0.05) is 40.8 Å². The number of hydrogen-bond acceptors (Lipinski definition) is 3. The van der Waals surface area contributed by atoms with Crippen molar-refractivity contribution in [3.05, 3.63) is 88.7 Å². The van der Waals surface area contributed by atoms with Crippen molar-refractivity contribution in [3.63, 3.8) is 0 Å². The van der Waals surface area contributed by atoms with Crippen molar-refractivity contribution < 1.29 is 4.79 Å². The summed E-state index contributed by atoms with van der Waals surface area (Å²) in [4.78, 5) is 16.7. The van der Waals surface area contributed by atoms with Gasteiger partial charge in [-0.3, -0.25) is 9.78 Å². The molecule has 0 aliphatic heterocycles. The molecule has 3 rings (SSSR count). The highest BCUT2D eigenvalue weighted by molar-refractivity contribution is 6.30. The molecule has 0 radical (unpaired) electrons. The van der Waals surface area contributed by atoms with Crippen molar-refractivity contribution in [2.24, 2.45) is 0 Å². The molecule has 0 fully saturated rings. The molecular weight excluding hydrogens is 322 g/mol. The van der Waals surface area contributed by atoms with E-state index < -0.39 is 0 Å². The molecule has 4 nitrogen and oxygen atoms in total. The second-order valence-corrected chi connectivity index (χ2v) is 5.80. The quantitative estimate of drug-likeness (QED) is 0.702. The van der Waals surface area contributed by atoms with Gasteiger partial charge in [-0.1, -0.05) is 17.7 Å². The minimum atomic E-state index is -0.200. The van der Waals surface area contributed by atoms with Gasteiger partial charge in [0.25, 0.3) is 5.91 Å². The number of rotatable bonds is 4. The lowest BCUT2D eigenvalue weighted by Gasteiger charge is -2.13. The van der Waals surface area contributed by atoms with Crippen molar-refractivity contribution in [1.29, 1.82) is 0 Å². The number of anilines is 2. The lowest BCUT2D eigenvalue weighted by Crippen LogP contribution is -2.15. The number of nitrogens with zero attached hydrogens (tertiary/aromatic N) is 1. The SMILES string of the molecule is Nc1cccc(C(=O)Nc2ccc(Cl)cc2)c1Cc1ccncc1. The zero-order chi connectivity index (χ0) is 16.9. The fourth-order valence-electron chi connectivity index (χ4n) is 2.45. The molecule has 0 unspecified atom stereocenters. The Balaban J connectivity index is 1.88. The minimum absolute atomic E-state index is 0.200. The highest BCUT2D eigenvalue weighted by Gasteiger charge is 2.14. The summed E-state index contributed by atoms with van der Waals surface area (Å²) in [6, 6.07) is 16.2. The highest BCUT2D eigenvalue weighted by atomic mass is 35.5. The van der Waals surface area contributed by atoms with Crippen LogP contribution in [-0.2, 0) is 6.42 Å². The van der Waals surface area contributed by atoms with Gasteiger partial charge in [0.1, 0.15) is 0 Å². The number of halogens is 1. The van der Waals surface area contributed by atoms with Gasteiger partial charge in [-0.05, 0) is 59.7 Å². The van der Waals surface area contributed by atoms with Crippen LogP contribution in [0, 0.1) is 0 Å². The average Bonchev–Trinajstić information content (AvgIpc) is 2.59. The lowest BCUT2D eigenvalue weighted by molar-refractivity contribution is 0.102. The Hall–Kier alpha value is -2.85. The molecule has 0 saturated heterocycles. The molecule has 1 amide bonds. The van der Waals surface area contributed by atoms with Gasteiger partial charge in [-0.2, -0.15) is 0 Å². The standard InChI is InChI=1S/C19H16ClN3O/c20-14-4-6-15(7-5-14)23-19(24)16-2-1-3-18(21)17(16)12-13-8-10-22-11-9-13/h1-11H,12,21H2,(H,23,24). The fourth-order valence-corrected chi connectivity index (χ4v) is 2.58. The number of pyridine rings is 1. The van der Waals surface area contributed by atoms with Crippen LogP contribution in [0.4, 0.5) is 11.4 Å². The topological polar surface area (TPSA) is 68.0 Å². The van der Waals surface area contributed by atoms with E-state index in [0.29, 0.717) is 28.4 Å². The van der Waals surface area contributed by atoms with Gasteiger partial charge in [0.05, 0.1) is 0 Å². The van der Waals surface area contributed by atoms with Crippen molar-refractivity contribution >= 4 is 28.9 Å². The van der Waals surface area contributed by atoms with Crippen LogP contribution in [0.5, 0.6) is 0 Å². The third-order valence-electron chi connectivity index (χ3n) is 3.69. The van der Waals surface area contributed by atoms with Gasteiger partial charge < -0.3 is 11.1 Å². The van der Waals surface area contributed by atoms with Gasteiger partial charge in [-0.15, -0.1) is 0 Å². The van der Waals surface area contributed by atoms with Crippen molar-refractivity contribution in [2.45, 2.75) is 6.42 Å². The van der Waals surface area contributed by atoms with Crippen molar-refractivity contribution in [2.75, 3.05) is 11.1 Å². The monoisotopic (exact) mass is 337 g/mol. The largest absolute Gasteiger partial charge is 0.398 e. The van der Waals surface area contributed by atoms with Gasteiger partial charge >= 0.3 is 0 Å². The Bertz CT molecular complexity index is 848. The van der Waals surface area contributed by atoms with Crippen LogP contribution in [0.2, 0.25) is 5.02 Å². The van der Waals surface area contributed by atoms with Crippen LogP contribution in [0.1, 0.15) is 21.5 Å². The number of aromatic nitrogens is 1. The van der Waals surface area contributed by atoms with E-state index in [1.54, 1.807) is 54.9 Å². The van der Waals surface area contributed by atoms with E-state index in [1.165, 1.54) is 0 Å². The van der Waals surface area contributed by atoms with Crippen LogP contribution >= 0.6 is 11.6 Å². The second kappa shape index (κ2) is 7.15. The van der Waals surface area contributed by atoms with Crippen molar-refractivity contribution in [3.8, 4) is 0 Å². The predicted octanol–water partition coefficient (Wildman–Crippen LogP) is 4.16. The molecule has 2 aromatic carbocycles. The maximum absolute atomic E-state index is 12.7. The molecule has 0 bridgehead atoms. The average molecular weight is 338 g/mol. The summed E-state index contributed by atoms with van der Waals surface area (Å²) in [5.74, 6) is -0.200. The summed E-state index contributed by atoms with van der Waals surface area (Å²) < 4.78 is 0. The predicted molar refractivity (Wildman–Crippen MR) is 97.3 cm³/mol. The van der Waals surface area contributed by atoms with Gasteiger partial charge in [0.2, 0.25) is 0 Å². The van der Waals surface area contributed by atoms with Crippen LogP contribution in [0.15, 0.2) is 67.0 Å². The van der Waals surface area contributed by atoms with E-state index in [4.69, 9.17) is 17.3 Å². The fraction of sp³-hybridized carbons (Fsp3) is 0.0526. The molecule has 1 aromatic heterocycles. The summed E-state index contributed by atoms with van der Waals surface area (Å²) >= 11 is 5.87. The van der Waals surface area contributed by atoms with E-state index in [9.17, 15) is 4.79 Å². The third-order valence-corrected chi connectivity index (χ3v) is 3.94. The molecule has 0 saturated carbocycles. The first kappa shape index (κ1) is 16.0. The number of nitrogens with one attached hydrogen (secondary N) is 1. The second-order valence-electron chi connectivity index (χ2n) is 5.37. The van der Waals surface area contributed by atoms with Crippen LogP contribution in [0.25, 0.3) is 0 Å². The maximum atomic E-state index is 12.7. The Morgan fingerprint density at radius 2 is 1.75 bits per heavy atom. The Labute approximate surface area is 145 Å². The van der Waals surface area contributed by atoms with Crippen molar-refractivity contribution in [1.82, 2.24) is 4.98 Å². The molecule has 24 heavy (non-hydrogen) atoms. The first-order valence-corrected chi connectivity index (χ1v) is 7.84.